The fourth-order valence-corrected chi connectivity index (χ4v) is 5.41. The molecule has 0 bridgehead atoms. The molecule has 2 aliphatic heterocycles. The predicted octanol–water partition coefficient (Wildman–Crippen LogP) is 1.30. The zero-order valence-corrected chi connectivity index (χ0v) is 18.0. The van der Waals surface area contributed by atoms with Crippen molar-refractivity contribution in [1.29, 1.82) is 0 Å². The standard InChI is InChI=1S/C19H34N6OS/c1-5-20-18(21-12-17-15(2)23-24(4)16(17)3)22-13-19(6-11-27-14-19)25-7-9-26-10-8-25/h5-14H2,1-4H3,(H2,20,21,22). The third-order valence-corrected chi connectivity index (χ3v) is 6.98. The Morgan fingerprint density at radius 1 is 1.30 bits per heavy atom. The molecule has 8 heteroatoms. The number of rotatable bonds is 6. The van der Waals surface area contributed by atoms with Crippen LogP contribution < -0.4 is 10.6 Å². The van der Waals surface area contributed by atoms with Gasteiger partial charge in [-0.05, 0) is 32.9 Å². The number of thioether (sulfide) groups is 1. The number of nitrogens with zero attached hydrogens (tertiary/aromatic N) is 4. The van der Waals surface area contributed by atoms with Crippen LogP contribution in [0.25, 0.3) is 0 Å². The van der Waals surface area contributed by atoms with Crippen molar-refractivity contribution in [1.82, 2.24) is 25.3 Å². The first kappa shape index (κ1) is 20.5. The van der Waals surface area contributed by atoms with E-state index < -0.39 is 0 Å². The Bertz CT molecular complexity index is 647. The molecule has 1 aromatic rings. The molecule has 0 aromatic carbocycles. The summed E-state index contributed by atoms with van der Waals surface area (Å²) in [4.78, 5) is 7.47. The lowest BCUT2D eigenvalue weighted by Crippen LogP contribution is -2.60. The SMILES string of the molecule is CCNC(=NCc1c(C)nn(C)c1C)NCC1(N2CCOCC2)CCSC1. The van der Waals surface area contributed by atoms with Gasteiger partial charge < -0.3 is 15.4 Å². The van der Waals surface area contributed by atoms with E-state index in [-0.39, 0.29) is 5.54 Å². The molecule has 3 rings (SSSR count). The molecule has 2 fully saturated rings. The van der Waals surface area contributed by atoms with Crippen molar-refractivity contribution in [2.75, 3.05) is 50.9 Å². The summed E-state index contributed by atoms with van der Waals surface area (Å²) in [5.74, 6) is 3.31. The molecule has 2 saturated heterocycles. The first-order valence-corrected chi connectivity index (χ1v) is 11.1. The van der Waals surface area contributed by atoms with Gasteiger partial charge in [0.1, 0.15) is 0 Å². The fourth-order valence-electron chi connectivity index (χ4n) is 3.93. The second-order valence-electron chi connectivity index (χ2n) is 7.45. The Labute approximate surface area is 167 Å². The molecule has 152 valence electrons. The average molecular weight is 395 g/mol. The van der Waals surface area contributed by atoms with E-state index in [1.54, 1.807) is 0 Å². The van der Waals surface area contributed by atoms with Gasteiger partial charge in [0.05, 0.1) is 25.5 Å². The Balaban J connectivity index is 1.67. The molecule has 0 saturated carbocycles. The highest BCUT2D eigenvalue weighted by Crippen LogP contribution is 2.33. The van der Waals surface area contributed by atoms with Gasteiger partial charge >= 0.3 is 0 Å². The first-order valence-electron chi connectivity index (χ1n) is 9.97. The molecule has 0 aliphatic carbocycles. The van der Waals surface area contributed by atoms with Crippen molar-refractivity contribution in [3.8, 4) is 0 Å². The van der Waals surface area contributed by atoms with Crippen molar-refractivity contribution >= 4 is 17.7 Å². The maximum Gasteiger partial charge on any atom is 0.191 e. The van der Waals surface area contributed by atoms with Gasteiger partial charge in [0.25, 0.3) is 0 Å². The lowest BCUT2D eigenvalue weighted by molar-refractivity contribution is -0.0120. The first-order chi connectivity index (χ1) is 13.1. The molecular weight excluding hydrogens is 360 g/mol. The van der Waals surface area contributed by atoms with Gasteiger partial charge in [-0.3, -0.25) is 9.58 Å². The summed E-state index contributed by atoms with van der Waals surface area (Å²) >= 11 is 2.06. The van der Waals surface area contributed by atoms with Crippen LogP contribution in [0.5, 0.6) is 0 Å². The van der Waals surface area contributed by atoms with E-state index in [2.05, 4.69) is 53.2 Å². The molecule has 0 amide bonds. The van der Waals surface area contributed by atoms with Crippen molar-refractivity contribution in [2.24, 2.45) is 12.0 Å². The molecule has 2 aliphatic rings. The van der Waals surface area contributed by atoms with E-state index in [1.807, 2.05) is 11.7 Å². The Morgan fingerprint density at radius 3 is 2.67 bits per heavy atom. The van der Waals surface area contributed by atoms with Gasteiger partial charge in [-0.15, -0.1) is 0 Å². The minimum atomic E-state index is 0.213. The van der Waals surface area contributed by atoms with Crippen LogP contribution in [0.2, 0.25) is 0 Å². The van der Waals surface area contributed by atoms with Gasteiger partial charge in [0.15, 0.2) is 5.96 Å². The van der Waals surface area contributed by atoms with E-state index in [4.69, 9.17) is 9.73 Å². The number of aromatic nitrogens is 2. The number of hydrogen-bond donors (Lipinski definition) is 2. The molecule has 7 nitrogen and oxygen atoms in total. The zero-order valence-electron chi connectivity index (χ0n) is 17.2. The number of ether oxygens (including phenoxy) is 1. The van der Waals surface area contributed by atoms with Gasteiger partial charge in [-0.1, -0.05) is 0 Å². The monoisotopic (exact) mass is 394 g/mol. The van der Waals surface area contributed by atoms with Crippen LogP contribution in [0, 0.1) is 13.8 Å². The smallest absolute Gasteiger partial charge is 0.191 e. The lowest BCUT2D eigenvalue weighted by atomic mass is 9.95. The van der Waals surface area contributed by atoms with Crippen molar-refractivity contribution < 1.29 is 4.74 Å². The average Bonchev–Trinajstić information content (AvgIpc) is 3.25. The van der Waals surface area contributed by atoms with E-state index in [1.165, 1.54) is 29.2 Å². The molecule has 0 radical (unpaired) electrons. The number of aryl methyl sites for hydroxylation is 2. The molecule has 3 heterocycles. The molecule has 1 atom stereocenters. The minimum absolute atomic E-state index is 0.213. The second-order valence-corrected chi connectivity index (χ2v) is 8.55. The van der Waals surface area contributed by atoms with E-state index in [9.17, 15) is 0 Å². The van der Waals surface area contributed by atoms with Crippen LogP contribution in [0.3, 0.4) is 0 Å². The molecule has 1 aromatic heterocycles. The molecule has 27 heavy (non-hydrogen) atoms. The summed E-state index contributed by atoms with van der Waals surface area (Å²) in [5.41, 5.74) is 3.68. The molecule has 0 spiro atoms. The normalized spacial score (nSPS) is 24.4. The molecular formula is C19H34N6OS. The van der Waals surface area contributed by atoms with E-state index in [0.29, 0.717) is 6.54 Å². The highest BCUT2D eigenvalue weighted by Gasteiger charge is 2.40. The van der Waals surface area contributed by atoms with Crippen molar-refractivity contribution in [2.45, 2.75) is 39.3 Å². The maximum absolute atomic E-state index is 5.57. The molecule has 1 unspecified atom stereocenters. The Kier molecular flexibility index (Phi) is 7.05. The lowest BCUT2D eigenvalue weighted by Gasteiger charge is -2.43. The minimum Gasteiger partial charge on any atom is -0.379 e. The highest BCUT2D eigenvalue weighted by atomic mass is 32.2. The number of hydrogen-bond acceptors (Lipinski definition) is 5. The highest BCUT2D eigenvalue weighted by molar-refractivity contribution is 7.99. The maximum atomic E-state index is 5.57. The van der Waals surface area contributed by atoms with Gasteiger partial charge in [0.2, 0.25) is 0 Å². The summed E-state index contributed by atoms with van der Waals surface area (Å²) in [5, 5.41) is 11.5. The van der Waals surface area contributed by atoms with Crippen molar-refractivity contribution in [3.05, 3.63) is 17.0 Å². The summed E-state index contributed by atoms with van der Waals surface area (Å²) in [6.07, 6.45) is 1.23. The number of nitrogens with one attached hydrogen (secondary N) is 2. The quantitative estimate of drug-likeness (QED) is 0.560. The van der Waals surface area contributed by atoms with Crippen LogP contribution in [0.4, 0.5) is 0 Å². The van der Waals surface area contributed by atoms with E-state index in [0.717, 1.165) is 51.0 Å². The summed E-state index contributed by atoms with van der Waals surface area (Å²) in [6, 6.07) is 0. The topological polar surface area (TPSA) is 66.7 Å². The summed E-state index contributed by atoms with van der Waals surface area (Å²) < 4.78 is 7.50. The fraction of sp³-hybridized carbons (Fsp3) is 0.789. The predicted molar refractivity (Wildman–Crippen MR) is 113 cm³/mol. The zero-order chi connectivity index (χ0) is 19.3. The number of aliphatic imine (C=N–C) groups is 1. The third-order valence-electron chi connectivity index (χ3n) is 5.75. The van der Waals surface area contributed by atoms with Gasteiger partial charge in [-0.25, -0.2) is 4.99 Å². The summed E-state index contributed by atoms with van der Waals surface area (Å²) in [6.45, 7) is 12.5. The van der Waals surface area contributed by atoms with Crippen LogP contribution in [-0.4, -0.2) is 77.1 Å². The number of morpholine rings is 1. The van der Waals surface area contributed by atoms with Gasteiger partial charge in [0, 0.05) is 55.8 Å². The van der Waals surface area contributed by atoms with Crippen LogP contribution in [0.15, 0.2) is 4.99 Å². The van der Waals surface area contributed by atoms with Crippen LogP contribution in [0.1, 0.15) is 30.3 Å². The van der Waals surface area contributed by atoms with Crippen LogP contribution in [-0.2, 0) is 18.3 Å². The Morgan fingerprint density at radius 2 is 2.07 bits per heavy atom. The van der Waals surface area contributed by atoms with Crippen LogP contribution >= 0.6 is 11.8 Å². The second kappa shape index (κ2) is 9.30. The largest absolute Gasteiger partial charge is 0.379 e. The number of guanidine groups is 1. The summed E-state index contributed by atoms with van der Waals surface area (Å²) in [7, 11) is 1.99. The van der Waals surface area contributed by atoms with Gasteiger partial charge in [-0.2, -0.15) is 16.9 Å². The third kappa shape index (κ3) is 4.78. The molecule has 2 N–H and O–H groups in total. The van der Waals surface area contributed by atoms with Crippen molar-refractivity contribution in [3.63, 3.8) is 0 Å². The Hall–Kier alpha value is -1.25. The van der Waals surface area contributed by atoms with E-state index >= 15 is 0 Å².